The molecular weight excluding hydrogens is 317 g/mol. The van der Waals surface area contributed by atoms with E-state index in [-0.39, 0.29) is 24.7 Å². The SMILES string of the molecule is COCC(=O)N(CC(=O)NCC#N)c1ccc(Cl)c(Cl)c1. The molecule has 6 nitrogen and oxygen atoms in total. The summed E-state index contributed by atoms with van der Waals surface area (Å²) >= 11 is 11.7. The van der Waals surface area contributed by atoms with Gasteiger partial charge in [-0.25, -0.2) is 0 Å². The average molecular weight is 330 g/mol. The van der Waals surface area contributed by atoms with Crippen LogP contribution in [0.15, 0.2) is 18.2 Å². The Hall–Kier alpha value is -1.81. The lowest BCUT2D eigenvalue weighted by atomic mass is 10.2. The first kappa shape index (κ1) is 17.2. The van der Waals surface area contributed by atoms with Crippen LogP contribution < -0.4 is 10.2 Å². The standard InChI is InChI=1S/C13H13Cl2N3O3/c1-21-8-13(20)18(7-12(19)17-5-4-16)9-2-3-10(14)11(15)6-9/h2-3,6H,5,7-8H2,1H3,(H,17,19). The van der Waals surface area contributed by atoms with Crippen LogP contribution in [0.2, 0.25) is 10.0 Å². The summed E-state index contributed by atoms with van der Waals surface area (Å²) < 4.78 is 4.79. The van der Waals surface area contributed by atoms with Gasteiger partial charge in [0.25, 0.3) is 5.91 Å². The molecule has 0 atom stereocenters. The van der Waals surface area contributed by atoms with Crippen LogP contribution in [0.3, 0.4) is 0 Å². The molecule has 2 amide bonds. The third-order valence-corrected chi connectivity index (χ3v) is 3.19. The Morgan fingerprint density at radius 3 is 2.67 bits per heavy atom. The molecule has 0 spiro atoms. The van der Waals surface area contributed by atoms with E-state index in [1.165, 1.54) is 24.1 Å². The van der Waals surface area contributed by atoms with Gasteiger partial charge in [0.1, 0.15) is 19.7 Å². The Balaban J connectivity index is 2.96. The van der Waals surface area contributed by atoms with Gasteiger partial charge in [0.15, 0.2) is 0 Å². The van der Waals surface area contributed by atoms with Gasteiger partial charge in [-0.15, -0.1) is 0 Å². The highest BCUT2D eigenvalue weighted by Crippen LogP contribution is 2.27. The van der Waals surface area contributed by atoms with Gasteiger partial charge in [0.05, 0.1) is 16.1 Å². The Bertz CT molecular complexity index is 572. The van der Waals surface area contributed by atoms with Crippen molar-refractivity contribution in [1.29, 1.82) is 5.26 Å². The molecule has 0 aliphatic carbocycles. The fraction of sp³-hybridized carbons (Fsp3) is 0.308. The van der Waals surface area contributed by atoms with Crippen molar-refractivity contribution in [3.63, 3.8) is 0 Å². The van der Waals surface area contributed by atoms with Crippen LogP contribution in [-0.2, 0) is 14.3 Å². The number of nitrogens with one attached hydrogen (secondary N) is 1. The normalized spacial score (nSPS) is 9.81. The second-order valence-electron chi connectivity index (χ2n) is 3.95. The first-order chi connectivity index (χ1) is 9.99. The number of hydrogen-bond donors (Lipinski definition) is 1. The molecule has 1 aromatic rings. The molecule has 0 aliphatic heterocycles. The first-order valence-electron chi connectivity index (χ1n) is 5.87. The number of hydrogen-bond acceptors (Lipinski definition) is 4. The molecule has 21 heavy (non-hydrogen) atoms. The maximum absolute atomic E-state index is 12.0. The second kappa shape index (κ2) is 8.47. The highest BCUT2D eigenvalue weighted by atomic mass is 35.5. The lowest BCUT2D eigenvalue weighted by Gasteiger charge is -2.22. The van der Waals surface area contributed by atoms with E-state index in [9.17, 15) is 9.59 Å². The Kier molecular flexibility index (Phi) is 6.96. The van der Waals surface area contributed by atoms with Gasteiger partial charge in [0, 0.05) is 12.8 Å². The monoisotopic (exact) mass is 329 g/mol. The number of anilines is 1. The number of benzene rings is 1. The van der Waals surface area contributed by atoms with E-state index in [2.05, 4.69) is 5.32 Å². The number of rotatable bonds is 6. The Morgan fingerprint density at radius 1 is 1.38 bits per heavy atom. The number of carbonyl (C=O) groups is 2. The van der Waals surface area contributed by atoms with Gasteiger partial charge in [-0.1, -0.05) is 23.2 Å². The van der Waals surface area contributed by atoms with Crippen LogP contribution in [0.1, 0.15) is 0 Å². The highest BCUT2D eigenvalue weighted by Gasteiger charge is 2.19. The van der Waals surface area contributed by atoms with Gasteiger partial charge in [-0.3, -0.25) is 9.59 Å². The summed E-state index contributed by atoms with van der Waals surface area (Å²) in [4.78, 5) is 24.9. The van der Waals surface area contributed by atoms with Crippen molar-refractivity contribution in [2.75, 3.05) is 31.7 Å². The van der Waals surface area contributed by atoms with E-state index in [1.54, 1.807) is 12.1 Å². The summed E-state index contributed by atoms with van der Waals surface area (Å²) in [6.07, 6.45) is 0. The van der Waals surface area contributed by atoms with E-state index in [1.807, 2.05) is 0 Å². The van der Waals surface area contributed by atoms with Crippen molar-refractivity contribution in [1.82, 2.24) is 5.32 Å². The molecule has 1 N–H and O–H groups in total. The molecule has 1 aromatic carbocycles. The molecule has 0 heterocycles. The molecule has 0 unspecified atom stereocenters. The summed E-state index contributed by atoms with van der Waals surface area (Å²) in [5.41, 5.74) is 0.415. The van der Waals surface area contributed by atoms with Gasteiger partial charge < -0.3 is 15.0 Å². The Labute approximate surface area is 132 Å². The van der Waals surface area contributed by atoms with Crippen molar-refractivity contribution in [2.45, 2.75) is 0 Å². The average Bonchev–Trinajstić information content (AvgIpc) is 2.45. The van der Waals surface area contributed by atoms with Crippen molar-refractivity contribution >= 4 is 40.7 Å². The predicted octanol–water partition coefficient (Wildman–Crippen LogP) is 1.61. The van der Waals surface area contributed by atoms with Crippen LogP contribution in [0, 0.1) is 11.3 Å². The zero-order chi connectivity index (χ0) is 15.8. The van der Waals surface area contributed by atoms with Crippen molar-refractivity contribution in [2.24, 2.45) is 0 Å². The van der Waals surface area contributed by atoms with Crippen LogP contribution in [0.4, 0.5) is 5.69 Å². The van der Waals surface area contributed by atoms with Crippen LogP contribution in [0.5, 0.6) is 0 Å². The fourth-order valence-corrected chi connectivity index (χ4v) is 1.81. The quantitative estimate of drug-likeness (QED) is 0.804. The number of ether oxygens (including phenoxy) is 1. The second-order valence-corrected chi connectivity index (χ2v) is 4.76. The van der Waals surface area contributed by atoms with E-state index >= 15 is 0 Å². The molecule has 0 saturated carbocycles. The molecule has 0 fully saturated rings. The third kappa shape index (κ3) is 5.23. The third-order valence-electron chi connectivity index (χ3n) is 2.45. The van der Waals surface area contributed by atoms with Gasteiger partial charge >= 0.3 is 0 Å². The van der Waals surface area contributed by atoms with Gasteiger partial charge in [-0.2, -0.15) is 5.26 Å². The van der Waals surface area contributed by atoms with Crippen molar-refractivity contribution < 1.29 is 14.3 Å². The minimum absolute atomic E-state index is 0.132. The smallest absolute Gasteiger partial charge is 0.253 e. The van der Waals surface area contributed by atoms with E-state index in [0.717, 1.165) is 0 Å². The molecular formula is C13H13Cl2N3O3. The van der Waals surface area contributed by atoms with Crippen LogP contribution in [0.25, 0.3) is 0 Å². The zero-order valence-corrected chi connectivity index (χ0v) is 12.7. The number of nitriles is 1. The molecule has 0 saturated heterocycles. The van der Waals surface area contributed by atoms with Crippen molar-refractivity contribution in [3.05, 3.63) is 28.2 Å². The highest BCUT2D eigenvalue weighted by molar-refractivity contribution is 6.42. The van der Waals surface area contributed by atoms with E-state index in [4.69, 9.17) is 33.2 Å². The molecule has 0 radical (unpaired) electrons. The number of carbonyl (C=O) groups excluding carboxylic acids is 2. The fourth-order valence-electron chi connectivity index (χ4n) is 1.52. The molecule has 0 aliphatic rings. The summed E-state index contributed by atoms with van der Waals surface area (Å²) in [6, 6.07) is 6.36. The van der Waals surface area contributed by atoms with Gasteiger partial charge in [0.2, 0.25) is 5.91 Å². The minimum Gasteiger partial charge on any atom is -0.375 e. The zero-order valence-electron chi connectivity index (χ0n) is 11.2. The number of methoxy groups -OCH3 is 1. The van der Waals surface area contributed by atoms with E-state index < -0.39 is 11.8 Å². The lowest BCUT2D eigenvalue weighted by molar-refractivity contribution is -0.125. The summed E-state index contributed by atoms with van der Waals surface area (Å²) in [7, 11) is 1.38. The largest absolute Gasteiger partial charge is 0.375 e. The predicted molar refractivity (Wildman–Crippen MR) is 79.3 cm³/mol. The van der Waals surface area contributed by atoms with Gasteiger partial charge in [-0.05, 0) is 18.2 Å². The summed E-state index contributed by atoms with van der Waals surface area (Å²) in [5.74, 6) is -0.880. The topological polar surface area (TPSA) is 82.4 Å². The lowest BCUT2D eigenvalue weighted by Crippen LogP contribution is -2.42. The minimum atomic E-state index is -0.466. The number of nitrogens with zero attached hydrogens (tertiary/aromatic N) is 2. The molecule has 8 heteroatoms. The van der Waals surface area contributed by atoms with Crippen molar-refractivity contribution in [3.8, 4) is 6.07 Å². The van der Waals surface area contributed by atoms with Crippen LogP contribution >= 0.6 is 23.2 Å². The maximum Gasteiger partial charge on any atom is 0.253 e. The molecule has 0 bridgehead atoms. The first-order valence-corrected chi connectivity index (χ1v) is 6.63. The number of halogens is 2. The van der Waals surface area contributed by atoms with Crippen LogP contribution in [-0.4, -0.2) is 38.6 Å². The maximum atomic E-state index is 12.0. The molecule has 1 rings (SSSR count). The summed E-state index contributed by atoms with van der Waals surface area (Å²) in [6.45, 7) is -0.569. The van der Waals surface area contributed by atoms with E-state index in [0.29, 0.717) is 10.7 Å². The number of amides is 2. The summed E-state index contributed by atoms with van der Waals surface area (Å²) in [5, 5.41) is 11.4. The molecule has 0 aromatic heterocycles. The molecule has 112 valence electrons. The Morgan fingerprint density at radius 2 is 2.10 bits per heavy atom.